The lowest BCUT2D eigenvalue weighted by Crippen LogP contribution is -1.99. The van der Waals surface area contributed by atoms with E-state index in [-0.39, 0.29) is 0 Å². The highest BCUT2D eigenvalue weighted by Gasteiger charge is 2.11. The van der Waals surface area contributed by atoms with Gasteiger partial charge >= 0.3 is 0 Å². The van der Waals surface area contributed by atoms with Crippen molar-refractivity contribution in [2.24, 2.45) is 0 Å². The largest absolute Gasteiger partial charge is 0.360 e. The van der Waals surface area contributed by atoms with Crippen molar-refractivity contribution in [3.63, 3.8) is 0 Å². The number of thioether (sulfide) groups is 1. The number of rotatable bonds is 7. The highest BCUT2D eigenvalue weighted by atomic mass is 32.2. The Balaban J connectivity index is 1.70. The van der Waals surface area contributed by atoms with E-state index in [1.807, 2.05) is 13.0 Å². The summed E-state index contributed by atoms with van der Waals surface area (Å²) in [6, 6.07) is 10.3. The molecule has 0 N–H and O–H groups in total. The van der Waals surface area contributed by atoms with Gasteiger partial charge in [-0.05, 0) is 47.9 Å². The Labute approximate surface area is 139 Å². The molecule has 0 spiro atoms. The average molecular weight is 329 g/mol. The van der Waals surface area contributed by atoms with Crippen molar-refractivity contribution < 1.29 is 4.52 Å². The third kappa shape index (κ3) is 3.98. The summed E-state index contributed by atoms with van der Waals surface area (Å²) in [6.07, 6.45) is 3.53. The number of aromatic nitrogens is 5. The molecule has 0 radical (unpaired) electrons. The number of aryl methyl sites for hydroxylation is 2. The molecule has 0 amide bonds. The Morgan fingerprint density at radius 1 is 1.22 bits per heavy atom. The number of hydrogen-bond donors (Lipinski definition) is 0. The zero-order valence-electron chi connectivity index (χ0n) is 13.3. The van der Waals surface area contributed by atoms with Gasteiger partial charge < -0.3 is 4.52 Å². The standard InChI is InChI=1S/C16H19N5OS/c1-3-4-5-13-6-8-14(9-7-13)21-16(17-19-20-21)23-11-15-10-12(2)18-22-15/h6-10H,3-5,11H2,1-2H3. The summed E-state index contributed by atoms with van der Waals surface area (Å²) < 4.78 is 6.96. The summed E-state index contributed by atoms with van der Waals surface area (Å²) >= 11 is 1.53. The molecule has 0 saturated carbocycles. The quantitative estimate of drug-likeness (QED) is 0.617. The van der Waals surface area contributed by atoms with Crippen LogP contribution in [0.15, 0.2) is 40.0 Å². The SMILES string of the molecule is CCCCc1ccc(-n2nnnc2SCc2cc(C)no2)cc1. The van der Waals surface area contributed by atoms with Crippen LogP contribution in [-0.2, 0) is 12.2 Å². The fraction of sp³-hybridized carbons (Fsp3) is 0.375. The average Bonchev–Trinajstić information content (AvgIpc) is 3.20. The van der Waals surface area contributed by atoms with Crippen molar-refractivity contribution in [1.82, 2.24) is 25.4 Å². The van der Waals surface area contributed by atoms with Crippen LogP contribution in [0.1, 0.15) is 36.8 Å². The highest BCUT2D eigenvalue weighted by Crippen LogP contribution is 2.23. The van der Waals surface area contributed by atoms with Crippen molar-refractivity contribution in [3.05, 3.63) is 47.3 Å². The molecule has 0 bridgehead atoms. The normalized spacial score (nSPS) is 11.0. The predicted octanol–water partition coefficient (Wildman–Crippen LogP) is 3.59. The number of unbranched alkanes of at least 4 members (excludes halogenated alkanes) is 1. The number of nitrogens with zero attached hydrogens (tertiary/aromatic N) is 5. The molecule has 0 unspecified atom stereocenters. The Morgan fingerprint density at radius 2 is 2.04 bits per heavy atom. The first kappa shape index (κ1) is 15.7. The van der Waals surface area contributed by atoms with E-state index in [1.165, 1.54) is 30.2 Å². The van der Waals surface area contributed by atoms with Gasteiger partial charge in [0.2, 0.25) is 5.16 Å². The lowest BCUT2D eigenvalue weighted by molar-refractivity contribution is 0.391. The molecular weight excluding hydrogens is 310 g/mol. The van der Waals surface area contributed by atoms with Crippen molar-refractivity contribution in [2.45, 2.75) is 44.0 Å². The monoisotopic (exact) mass is 329 g/mol. The van der Waals surface area contributed by atoms with E-state index in [0.29, 0.717) is 5.75 Å². The maximum Gasteiger partial charge on any atom is 0.214 e. The van der Waals surface area contributed by atoms with Gasteiger partial charge in [-0.15, -0.1) is 5.10 Å². The smallest absolute Gasteiger partial charge is 0.214 e. The van der Waals surface area contributed by atoms with E-state index in [9.17, 15) is 0 Å². The maximum absolute atomic E-state index is 5.21. The van der Waals surface area contributed by atoms with E-state index in [2.05, 4.69) is 51.9 Å². The fourth-order valence-electron chi connectivity index (χ4n) is 2.24. The van der Waals surface area contributed by atoms with Crippen LogP contribution in [0.2, 0.25) is 0 Å². The molecule has 23 heavy (non-hydrogen) atoms. The Hall–Kier alpha value is -2.15. The summed E-state index contributed by atoms with van der Waals surface area (Å²) in [6.45, 7) is 4.11. The molecule has 2 aromatic heterocycles. The molecule has 1 aromatic carbocycles. The minimum atomic E-state index is 0.649. The van der Waals surface area contributed by atoms with E-state index >= 15 is 0 Å². The molecule has 6 nitrogen and oxygen atoms in total. The van der Waals surface area contributed by atoms with E-state index in [1.54, 1.807) is 4.68 Å². The second-order valence-corrected chi connectivity index (χ2v) is 6.31. The topological polar surface area (TPSA) is 69.6 Å². The minimum Gasteiger partial charge on any atom is -0.360 e. The number of tetrazole rings is 1. The van der Waals surface area contributed by atoms with Gasteiger partial charge in [-0.25, -0.2) is 0 Å². The first-order chi connectivity index (χ1) is 11.3. The molecule has 0 aliphatic carbocycles. The van der Waals surface area contributed by atoms with Crippen LogP contribution in [0.4, 0.5) is 0 Å². The first-order valence-electron chi connectivity index (χ1n) is 7.69. The second kappa shape index (κ2) is 7.41. The van der Waals surface area contributed by atoms with Gasteiger partial charge in [0.15, 0.2) is 0 Å². The first-order valence-corrected chi connectivity index (χ1v) is 8.67. The van der Waals surface area contributed by atoms with Crippen LogP contribution in [0.5, 0.6) is 0 Å². The lowest BCUT2D eigenvalue weighted by Gasteiger charge is -2.05. The minimum absolute atomic E-state index is 0.649. The molecule has 0 fully saturated rings. The molecule has 3 aromatic rings. The fourth-order valence-corrected chi connectivity index (χ4v) is 3.00. The van der Waals surface area contributed by atoms with E-state index < -0.39 is 0 Å². The van der Waals surface area contributed by atoms with Crippen molar-refractivity contribution in [2.75, 3.05) is 0 Å². The molecule has 120 valence electrons. The zero-order valence-corrected chi connectivity index (χ0v) is 14.1. The maximum atomic E-state index is 5.21. The summed E-state index contributed by atoms with van der Waals surface area (Å²) in [4.78, 5) is 0. The van der Waals surface area contributed by atoms with Crippen molar-refractivity contribution >= 4 is 11.8 Å². The highest BCUT2D eigenvalue weighted by molar-refractivity contribution is 7.98. The van der Waals surface area contributed by atoms with Crippen molar-refractivity contribution in [3.8, 4) is 5.69 Å². The van der Waals surface area contributed by atoms with Gasteiger partial charge in [0.1, 0.15) is 5.76 Å². The van der Waals surface area contributed by atoms with E-state index in [0.717, 1.165) is 28.7 Å². The van der Waals surface area contributed by atoms with Crippen LogP contribution in [0, 0.1) is 6.92 Å². The molecule has 2 heterocycles. The molecule has 7 heteroatoms. The Kier molecular flexibility index (Phi) is 5.07. The second-order valence-electron chi connectivity index (χ2n) is 5.37. The van der Waals surface area contributed by atoms with Crippen LogP contribution in [0.25, 0.3) is 5.69 Å². The lowest BCUT2D eigenvalue weighted by atomic mass is 10.1. The number of hydrogen-bond acceptors (Lipinski definition) is 6. The van der Waals surface area contributed by atoms with Gasteiger partial charge in [0, 0.05) is 6.07 Å². The molecule has 0 saturated heterocycles. The molecule has 0 atom stereocenters. The predicted molar refractivity (Wildman–Crippen MR) is 88.6 cm³/mol. The molecule has 0 aliphatic heterocycles. The summed E-state index contributed by atoms with van der Waals surface area (Å²) in [5, 5.41) is 16.6. The van der Waals surface area contributed by atoms with Crippen LogP contribution >= 0.6 is 11.8 Å². The van der Waals surface area contributed by atoms with Crippen LogP contribution < -0.4 is 0 Å². The summed E-state index contributed by atoms with van der Waals surface area (Å²) in [5.41, 5.74) is 3.18. The summed E-state index contributed by atoms with van der Waals surface area (Å²) in [5.74, 6) is 1.47. The van der Waals surface area contributed by atoms with Gasteiger partial charge in [0.05, 0.1) is 17.1 Å². The van der Waals surface area contributed by atoms with Gasteiger partial charge in [-0.2, -0.15) is 4.68 Å². The third-order valence-electron chi connectivity index (χ3n) is 3.46. The zero-order chi connectivity index (χ0) is 16.1. The van der Waals surface area contributed by atoms with Gasteiger partial charge in [-0.1, -0.05) is 42.4 Å². The van der Waals surface area contributed by atoms with Gasteiger partial charge in [0.25, 0.3) is 0 Å². The summed E-state index contributed by atoms with van der Waals surface area (Å²) in [7, 11) is 0. The number of benzene rings is 1. The van der Waals surface area contributed by atoms with E-state index in [4.69, 9.17) is 4.52 Å². The Morgan fingerprint density at radius 3 is 2.74 bits per heavy atom. The Bertz CT molecular complexity index is 750. The van der Waals surface area contributed by atoms with Crippen LogP contribution in [-0.4, -0.2) is 25.4 Å². The molecular formula is C16H19N5OS. The molecule has 3 rings (SSSR count). The molecule has 0 aliphatic rings. The van der Waals surface area contributed by atoms with Gasteiger partial charge in [-0.3, -0.25) is 0 Å². The third-order valence-corrected chi connectivity index (χ3v) is 4.40. The van der Waals surface area contributed by atoms with Crippen molar-refractivity contribution in [1.29, 1.82) is 0 Å². The van der Waals surface area contributed by atoms with Crippen LogP contribution in [0.3, 0.4) is 0 Å².